The molecule has 186 valence electrons. The lowest BCUT2D eigenvalue weighted by Crippen LogP contribution is -3.00. The van der Waals surface area contributed by atoms with Crippen molar-refractivity contribution in [3.8, 4) is 0 Å². The quantitative estimate of drug-likeness (QED) is 0.372. The van der Waals surface area contributed by atoms with Gasteiger partial charge in [-0.15, -0.1) is 11.3 Å². The number of hydrogen-bond acceptors (Lipinski definition) is 5. The van der Waals surface area contributed by atoms with Crippen LogP contribution in [0.25, 0.3) is 0 Å². The second-order valence-electron chi connectivity index (χ2n) is 10.5. The number of pyridine rings is 1. The first-order chi connectivity index (χ1) is 16.1. The molecular weight excluding hydrogens is 510 g/mol. The van der Waals surface area contributed by atoms with E-state index in [1.54, 1.807) is 11.3 Å². The van der Waals surface area contributed by atoms with Crippen LogP contribution in [0.15, 0.2) is 42.0 Å². The van der Waals surface area contributed by atoms with E-state index in [0.717, 1.165) is 48.3 Å². The number of thiophene rings is 1. The van der Waals surface area contributed by atoms with Crippen molar-refractivity contribution >= 4 is 17.3 Å². The average Bonchev–Trinajstić information content (AvgIpc) is 3.41. The van der Waals surface area contributed by atoms with Gasteiger partial charge in [0.05, 0.1) is 19.6 Å². The van der Waals surface area contributed by atoms with E-state index < -0.39 is 5.54 Å². The monoisotopic (exact) mass is 547 g/mol. The fourth-order valence-corrected chi connectivity index (χ4v) is 7.27. The predicted octanol–water partition coefficient (Wildman–Crippen LogP) is 1.63. The molecule has 0 N–H and O–H groups in total. The molecule has 0 saturated carbocycles. The SMILES string of the molecule is CC(C(=O)O[C@H]1C[N+]2(CCCc3ccncc3)CCC1CC2)(c1cccs1)N1CCCCC1.[Br-]. The van der Waals surface area contributed by atoms with Crippen molar-refractivity contribution in [3.05, 3.63) is 52.5 Å². The molecule has 0 aliphatic carbocycles. The van der Waals surface area contributed by atoms with Gasteiger partial charge in [0, 0.05) is 42.5 Å². The number of carbonyl (C=O) groups is 1. The largest absolute Gasteiger partial charge is 1.00 e. The Hall–Kier alpha value is -1.28. The van der Waals surface area contributed by atoms with E-state index in [1.807, 2.05) is 12.4 Å². The van der Waals surface area contributed by atoms with E-state index in [2.05, 4.69) is 46.5 Å². The molecule has 0 amide bonds. The number of rotatable bonds is 8. The Bertz CT molecular complexity index is 911. The fourth-order valence-electron chi connectivity index (χ4n) is 6.37. The summed E-state index contributed by atoms with van der Waals surface area (Å²) in [7, 11) is 0. The third-order valence-corrected chi connectivity index (χ3v) is 9.61. The third kappa shape index (κ3) is 5.28. The van der Waals surface area contributed by atoms with Crippen LogP contribution in [0.1, 0.15) is 55.9 Å². The van der Waals surface area contributed by atoms with Gasteiger partial charge in [-0.1, -0.05) is 12.5 Å². The lowest BCUT2D eigenvalue weighted by molar-refractivity contribution is -0.946. The molecule has 0 spiro atoms. The van der Waals surface area contributed by atoms with Crippen LogP contribution >= 0.6 is 11.3 Å². The van der Waals surface area contributed by atoms with Crippen molar-refractivity contribution in [2.24, 2.45) is 5.92 Å². The van der Waals surface area contributed by atoms with Crippen molar-refractivity contribution in [1.29, 1.82) is 0 Å². The Morgan fingerprint density at radius 2 is 1.91 bits per heavy atom. The number of nitrogens with zero attached hydrogens (tertiary/aromatic N) is 3. The number of aromatic nitrogens is 1. The molecule has 4 fully saturated rings. The van der Waals surface area contributed by atoms with Gasteiger partial charge in [0.2, 0.25) is 0 Å². The van der Waals surface area contributed by atoms with E-state index in [1.165, 1.54) is 50.9 Å². The van der Waals surface area contributed by atoms with E-state index in [0.29, 0.717) is 5.92 Å². The van der Waals surface area contributed by atoms with Crippen LogP contribution in [-0.4, -0.2) is 65.7 Å². The number of piperidine rings is 4. The van der Waals surface area contributed by atoms with Crippen LogP contribution in [0, 0.1) is 5.92 Å². The summed E-state index contributed by atoms with van der Waals surface area (Å²) in [5.41, 5.74) is 0.707. The van der Waals surface area contributed by atoms with Gasteiger partial charge in [0.25, 0.3) is 0 Å². The van der Waals surface area contributed by atoms with Crippen molar-refractivity contribution in [2.45, 2.75) is 63.5 Å². The first-order valence-electron chi connectivity index (χ1n) is 12.8. The number of likely N-dealkylation sites (tertiary alicyclic amines) is 1. The number of halogens is 1. The van der Waals surface area contributed by atoms with Crippen molar-refractivity contribution in [2.75, 3.05) is 39.3 Å². The van der Waals surface area contributed by atoms with Gasteiger partial charge < -0.3 is 26.2 Å². The summed E-state index contributed by atoms with van der Waals surface area (Å²) < 4.78 is 7.58. The highest BCUT2D eigenvalue weighted by Gasteiger charge is 2.50. The van der Waals surface area contributed by atoms with Crippen LogP contribution in [0.5, 0.6) is 0 Å². The molecule has 6 rings (SSSR count). The molecule has 4 saturated heterocycles. The number of fused-ring (bicyclic) bond motifs is 3. The van der Waals surface area contributed by atoms with Crippen LogP contribution < -0.4 is 17.0 Å². The fraction of sp³-hybridized carbons (Fsp3) is 0.630. The van der Waals surface area contributed by atoms with Crippen LogP contribution in [0.2, 0.25) is 0 Å². The van der Waals surface area contributed by atoms with Crippen molar-refractivity contribution < 1.29 is 31.0 Å². The molecule has 2 bridgehead atoms. The Morgan fingerprint density at radius 1 is 1.18 bits per heavy atom. The van der Waals surface area contributed by atoms with Crippen molar-refractivity contribution in [3.63, 3.8) is 0 Å². The zero-order valence-corrected chi connectivity index (χ0v) is 22.7. The number of aryl methyl sites for hydroxylation is 1. The lowest BCUT2D eigenvalue weighted by atomic mass is 9.82. The maximum atomic E-state index is 13.8. The van der Waals surface area contributed by atoms with Crippen molar-refractivity contribution in [1.82, 2.24) is 9.88 Å². The van der Waals surface area contributed by atoms with E-state index in [4.69, 9.17) is 4.74 Å². The molecule has 6 heterocycles. The van der Waals surface area contributed by atoms with Gasteiger partial charge in [0.15, 0.2) is 11.6 Å². The van der Waals surface area contributed by atoms with Crippen LogP contribution in [-0.2, 0) is 21.5 Å². The van der Waals surface area contributed by atoms with E-state index in [-0.39, 0.29) is 29.1 Å². The number of quaternary nitrogens is 1. The summed E-state index contributed by atoms with van der Waals surface area (Å²) in [6.45, 7) is 8.71. The molecule has 0 radical (unpaired) electrons. The Labute approximate surface area is 218 Å². The molecule has 2 aromatic rings. The van der Waals surface area contributed by atoms with Gasteiger partial charge in [-0.3, -0.25) is 9.88 Å². The molecule has 2 aromatic heterocycles. The molecule has 34 heavy (non-hydrogen) atoms. The zero-order valence-electron chi connectivity index (χ0n) is 20.3. The summed E-state index contributed by atoms with van der Waals surface area (Å²) in [6, 6.07) is 8.43. The van der Waals surface area contributed by atoms with Gasteiger partial charge in [-0.2, -0.15) is 0 Å². The summed E-state index contributed by atoms with van der Waals surface area (Å²) in [5, 5.41) is 2.09. The minimum Gasteiger partial charge on any atom is -1.00 e. The second-order valence-corrected chi connectivity index (χ2v) is 11.5. The molecule has 5 nitrogen and oxygen atoms in total. The molecule has 4 aliphatic heterocycles. The average molecular weight is 549 g/mol. The molecule has 2 atom stereocenters. The topological polar surface area (TPSA) is 42.4 Å². The van der Waals surface area contributed by atoms with Crippen LogP contribution in [0.4, 0.5) is 0 Å². The number of hydrogen-bond donors (Lipinski definition) is 0. The minimum atomic E-state index is -0.660. The van der Waals surface area contributed by atoms with E-state index >= 15 is 0 Å². The van der Waals surface area contributed by atoms with Gasteiger partial charge >= 0.3 is 5.97 Å². The molecule has 4 aliphatic rings. The molecule has 0 aromatic carbocycles. The van der Waals surface area contributed by atoms with Gasteiger partial charge in [-0.25, -0.2) is 4.79 Å². The van der Waals surface area contributed by atoms with Gasteiger partial charge in [-0.05, 0) is 68.4 Å². The predicted molar refractivity (Wildman–Crippen MR) is 132 cm³/mol. The minimum absolute atomic E-state index is 0. The highest BCUT2D eigenvalue weighted by atomic mass is 79.9. The van der Waals surface area contributed by atoms with Gasteiger partial charge in [0.1, 0.15) is 6.54 Å². The Morgan fingerprint density at radius 3 is 2.59 bits per heavy atom. The smallest absolute Gasteiger partial charge is 0.332 e. The highest BCUT2D eigenvalue weighted by molar-refractivity contribution is 7.10. The Balaban J connectivity index is 0.00000274. The summed E-state index contributed by atoms with van der Waals surface area (Å²) in [4.78, 5) is 21.5. The second kappa shape index (κ2) is 11.2. The normalized spacial score (nSPS) is 28.6. The standard InChI is InChI=1S/C27H38N3O2S.BrH/c1-27(25-8-6-20-33-25,29-15-3-2-4-16-29)26(31)32-24-21-30(18-11-23(24)12-19-30)17-5-7-22-9-13-28-14-10-22;/h6,8-10,13-14,20,23-24H,2-5,7,11-12,15-19,21H2,1H3;1H/q+1;/p-1/t23?,24-,27?,30?;/m0./s1. The van der Waals surface area contributed by atoms with E-state index in [9.17, 15) is 4.79 Å². The number of esters is 1. The Kier molecular flexibility index (Phi) is 8.49. The summed E-state index contributed by atoms with van der Waals surface area (Å²) >= 11 is 1.69. The first kappa shape index (κ1) is 25.8. The number of carbonyl (C=O) groups excluding carboxylic acids is 1. The molecule has 1 unspecified atom stereocenters. The molecule has 7 heteroatoms. The number of ether oxygens (including phenoxy) is 1. The molecular formula is C27H38BrN3O2S. The zero-order chi connectivity index (χ0) is 22.7. The summed E-state index contributed by atoms with van der Waals surface area (Å²) in [5.74, 6) is 0.503. The van der Waals surface area contributed by atoms with Crippen LogP contribution in [0.3, 0.4) is 0 Å². The summed E-state index contributed by atoms with van der Waals surface area (Å²) in [6.07, 6.45) is 12.1. The maximum Gasteiger partial charge on any atom is 0.332 e. The lowest BCUT2D eigenvalue weighted by Gasteiger charge is -2.52. The highest BCUT2D eigenvalue weighted by Crippen LogP contribution is 2.40. The third-order valence-electron chi connectivity index (χ3n) is 8.53. The first-order valence-corrected chi connectivity index (χ1v) is 13.7. The maximum absolute atomic E-state index is 13.8.